The minimum atomic E-state index is -0.0605. The molecule has 1 saturated heterocycles. The second-order valence-corrected chi connectivity index (χ2v) is 6.97. The number of likely N-dealkylation sites (tertiary alicyclic amines) is 1. The lowest BCUT2D eigenvalue weighted by Gasteiger charge is -2.34. The van der Waals surface area contributed by atoms with E-state index in [0.717, 1.165) is 19.5 Å². The molecule has 0 unspecified atom stereocenters. The molecule has 5 heteroatoms. The lowest BCUT2D eigenvalue weighted by molar-refractivity contribution is 0.0592. The summed E-state index contributed by atoms with van der Waals surface area (Å²) in [7, 11) is 0. The molecule has 0 saturated carbocycles. The summed E-state index contributed by atoms with van der Waals surface area (Å²) in [5, 5.41) is 0.549. The summed E-state index contributed by atoms with van der Waals surface area (Å²) in [6.07, 6.45) is 1.16. The number of anilines is 1. The van der Waals surface area contributed by atoms with E-state index >= 15 is 0 Å². The smallest absolute Gasteiger partial charge is 0.289 e. The molecule has 1 aliphatic heterocycles. The van der Waals surface area contributed by atoms with E-state index < -0.39 is 0 Å². The van der Waals surface area contributed by atoms with E-state index in [9.17, 15) is 4.79 Å². The Hall–Kier alpha value is -1.94. The number of hydrogen-bond donors (Lipinski definition) is 1. The number of furan rings is 1. The van der Waals surface area contributed by atoms with Crippen molar-refractivity contribution < 1.29 is 9.21 Å². The molecule has 0 bridgehead atoms. The van der Waals surface area contributed by atoms with Gasteiger partial charge in [0.25, 0.3) is 5.91 Å². The van der Waals surface area contributed by atoms with Crippen LogP contribution in [0.3, 0.4) is 0 Å². The van der Waals surface area contributed by atoms with Crippen molar-refractivity contribution >= 4 is 23.2 Å². The minimum Gasteiger partial charge on any atom is -0.451 e. The van der Waals surface area contributed by atoms with Crippen LogP contribution in [0.4, 0.5) is 5.69 Å². The van der Waals surface area contributed by atoms with Crippen molar-refractivity contribution in [3.8, 4) is 11.3 Å². The van der Waals surface area contributed by atoms with Crippen molar-refractivity contribution in [3.05, 3.63) is 41.1 Å². The summed E-state index contributed by atoms with van der Waals surface area (Å²) < 4.78 is 5.76. The van der Waals surface area contributed by atoms with E-state index in [1.165, 1.54) is 0 Å². The molecular weight excluding hydrogens is 312 g/mol. The Morgan fingerprint density at radius 2 is 1.91 bits per heavy atom. The standard InChI is InChI=1S/C18H21ClN2O2/c1-11-7-12(2)10-21(9-11)18(22)17-6-5-16(23-17)14-8-13(20)3-4-15(14)19/h3-6,8,11-12H,7,9-10,20H2,1-2H3/t11-,12+. The van der Waals surface area contributed by atoms with E-state index in [-0.39, 0.29) is 5.91 Å². The zero-order valence-electron chi connectivity index (χ0n) is 13.4. The summed E-state index contributed by atoms with van der Waals surface area (Å²) in [4.78, 5) is 14.5. The van der Waals surface area contributed by atoms with E-state index in [4.69, 9.17) is 21.8 Å². The topological polar surface area (TPSA) is 59.5 Å². The van der Waals surface area contributed by atoms with Crippen LogP contribution in [0.25, 0.3) is 11.3 Å². The predicted molar refractivity (Wildman–Crippen MR) is 92.4 cm³/mol. The Labute approximate surface area is 141 Å². The number of nitrogen functional groups attached to an aromatic ring is 1. The Kier molecular flexibility index (Phi) is 4.35. The minimum absolute atomic E-state index is 0.0605. The average Bonchev–Trinajstić information content (AvgIpc) is 2.97. The van der Waals surface area contributed by atoms with Crippen molar-refractivity contribution in [3.63, 3.8) is 0 Å². The lowest BCUT2D eigenvalue weighted by atomic mass is 9.92. The van der Waals surface area contributed by atoms with Crippen molar-refractivity contribution in [2.45, 2.75) is 20.3 Å². The van der Waals surface area contributed by atoms with Crippen LogP contribution in [-0.4, -0.2) is 23.9 Å². The van der Waals surface area contributed by atoms with Crippen LogP contribution in [0.1, 0.15) is 30.8 Å². The zero-order chi connectivity index (χ0) is 16.6. The highest BCUT2D eigenvalue weighted by molar-refractivity contribution is 6.33. The second kappa shape index (κ2) is 6.28. The quantitative estimate of drug-likeness (QED) is 0.834. The van der Waals surface area contributed by atoms with Gasteiger partial charge in [-0.15, -0.1) is 0 Å². The molecule has 1 aromatic carbocycles. The molecule has 1 fully saturated rings. The first kappa shape index (κ1) is 15.9. The molecule has 122 valence electrons. The van der Waals surface area contributed by atoms with Gasteiger partial charge in [0.15, 0.2) is 5.76 Å². The van der Waals surface area contributed by atoms with Crippen LogP contribution in [0.5, 0.6) is 0 Å². The van der Waals surface area contributed by atoms with Crippen LogP contribution in [0, 0.1) is 11.8 Å². The highest BCUT2D eigenvalue weighted by Crippen LogP contribution is 2.32. The number of rotatable bonds is 2. The van der Waals surface area contributed by atoms with Crippen LogP contribution >= 0.6 is 11.6 Å². The third-order valence-electron chi connectivity index (χ3n) is 4.23. The largest absolute Gasteiger partial charge is 0.451 e. The number of hydrogen-bond acceptors (Lipinski definition) is 3. The second-order valence-electron chi connectivity index (χ2n) is 6.56. The molecule has 4 nitrogen and oxygen atoms in total. The average molecular weight is 333 g/mol. The predicted octanol–water partition coefficient (Wildman–Crippen LogP) is 4.30. The molecule has 0 spiro atoms. The maximum atomic E-state index is 12.7. The van der Waals surface area contributed by atoms with Gasteiger partial charge in [0.1, 0.15) is 5.76 Å². The molecule has 1 aliphatic rings. The Bertz CT molecular complexity index is 716. The Balaban J connectivity index is 1.84. The van der Waals surface area contributed by atoms with Gasteiger partial charge in [0, 0.05) is 24.3 Å². The molecule has 2 atom stereocenters. The molecule has 1 amide bonds. The van der Waals surface area contributed by atoms with Gasteiger partial charge in [0.05, 0.1) is 5.02 Å². The van der Waals surface area contributed by atoms with Gasteiger partial charge >= 0.3 is 0 Å². The van der Waals surface area contributed by atoms with Crippen LogP contribution in [0.15, 0.2) is 34.7 Å². The zero-order valence-corrected chi connectivity index (χ0v) is 14.1. The van der Waals surface area contributed by atoms with E-state index in [0.29, 0.717) is 39.6 Å². The number of benzene rings is 1. The van der Waals surface area contributed by atoms with Crippen LogP contribution in [-0.2, 0) is 0 Å². The highest BCUT2D eigenvalue weighted by atomic mass is 35.5. The highest BCUT2D eigenvalue weighted by Gasteiger charge is 2.28. The normalized spacial score (nSPS) is 21.4. The van der Waals surface area contributed by atoms with E-state index in [1.807, 2.05) is 4.90 Å². The van der Waals surface area contributed by atoms with Gasteiger partial charge < -0.3 is 15.1 Å². The van der Waals surface area contributed by atoms with Gasteiger partial charge in [0.2, 0.25) is 0 Å². The third kappa shape index (κ3) is 3.37. The summed E-state index contributed by atoms with van der Waals surface area (Å²) in [5.74, 6) is 1.87. The lowest BCUT2D eigenvalue weighted by Crippen LogP contribution is -2.42. The summed E-state index contributed by atoms with van der Waals surface area (Å²) in [6, 6.07) is 8.69. The number of piperidine rings is 1. The fourth-order valence-corrected chi connectivity index (χ4v) is 3.52. The van der Waals surface area contributed by atoms with Crippen LogP contribution in [0.2, 0.25) is 5.02 Å². The van der Waals surface area contributed by atoms with Gasteiger partial charge in [-0.3, -0.25) is 4.79 Å². The summed E-state index contributed by atoms with van der Waals surface area (Å²) in [6.45, 7) is 5.91. The molecule has 2 heterocycles. The fourth-order valence-electron chi connectivity index (χ4n) is 3.31. The number of amides is 1. The Morgan fingerprint density at radius 1 is 1.22 bits per heavy atom. The number of nitrogens with two attached hydrogens (primary N) is 1. The third-order valence-corrected chi connectivity index (χ3v) is 4.56. The first-order valence-electron chi connectivity index (χ1n) is 7.88. The van der Waals surface area contributed by atoms with Gasteiger partial charge in [-0.05, 0) is 48.6 Å². The Morgan fingerprint density at radius 3 is 2.61 bits per heavy atom. The van der Waals surface area contributed by atoms with Crippen molar-refractivity contribution in [1.29, 1.82) is 0 Å². The SMILES string of the molecule is C[C@@H]1C[C@H](C)CN(C(=O)c2ccc(-c3cc(N)ccc3Cl)o2)C1. The van der Waals surface area contributed by atoms with Crippen molar-refractivity contribution in [2.24, 2.45) is 11.8 Å². The number of carbonyl (C=O) groups excluding carboxylic acids is 1. The number of halogens is 1. The molecule has 2 aromatic rings. The monoisotopic (exact) mass is 332 g/mol. The number of nitrogens with zero attached hydrogens (tertiary/aromatic N) is 1. The van der Waals surface area contributed by atoms with Crippen molar-refractivity contribution in [2.75, 3.05) is 18.8 Å². The van der Waals surface area contributed by atoms with Gasteiger partial charge in [-0.1, -0.05) is 25.4 Å². The van der Waals surface area contributed by atoms with E-state index in [2.05, 4.69) is 13.8 Å². The molecule has 0 aliphatic carbocycles. The molecule has 1 aromatic heterocycles. The maximum Gasteiger partial charge on any atom is 0.289 e. The molecule has 3 rings (SSSR count). The van der Waals surface area contributed by atoms with Crippen molar-refractivity contribution in [1.82, 2.24) is 4.90 Å². The molecule has 2 N–H and O–H groups in total. The summed E-state index contributed by atoms with van der Waals surface area (Å²) in [5.41, 5.74) is 7.11. The fraction of sp³-hybridized carbons (Fsp3) is 0.389. The summed E-state index contributed by atoms with van der Waals surface area (Å²) >= 11 is 6.20. The van der Waals surface area contributed by atoms with Gasteiger partial charge in [-0.2, -0.15) is 0 Å². The van der Waals surface area contributed by atoms with Crippen LogP contribution < -0.4 is 5.73 Å². The number of carbonyl (C=O) groups is 1. The van der Waals surface area contributed by atoms with E-state index in [1.54, 1.807) is 30.3 Å². The first-order chi connectivity index (χ1) is 10.9. The molecule has 0 radical (unpaired) electrons. The molecule has 23 heavy (non-hydrogen) atoms. The maximum absolute atomic E-state index is 12.7. The molecular formula is C18H21ClN2O2. The first-order valence-corrected chi connectivity index (χ1v) is 8.26. The van der Waals surface area contributed by atoms with Gasteiger partial charge in [-0.25, -0.2) is 0 Å².